The highest BCUT2D eigenvalue weighted by Crippen LogP contribution is 2.18. The van der Waals surface area contributed by atoms with E-state index in [1.807, 2.05) is 108 Å². The average Bonchev–Trinajstić information content (AvgIpc) is 4.29. The van der Waals surface area contributed by atoms with Crippen molar-refractivity contribution in [3.63, 3.8) is 0 Å². The van der Waals surface area contributed by atoms with Crippen LogP contribution in [0.1, 0.15) is 227 Å². The first-order valence-electron chi connectivity index (χ1n) is 26.6. The summed E-state index contributed by atoms with van der Waals surface area (Å²) in [5.74, 6) is 6.38. The SMILES string of the molecule is CC(C)c1ccccc1.CC(C)c1ccccn1.CC(C)c1cccnc1.CC(C)c1ccncc1.CC(C)c1cnc[nH]1.CC(C)c1cncs1.CC(C)c1cscn1.CC(C)c1ncc[nH]1.CC(C)c1nccs1. The zero-order valence-electron chi connectivity index (χ0n) is 49.1. The lowest BCUT2D eigenvalue weighted by Crippen LogP contribution is -1.88. The molecule has 2 N–H and O–H groups in total. The molecule has 1 aromatic carbocycles. The van der Waals surface area contributed by atoms with Crippen LogP contribution in [0.25, 0.3) is 0 Å². The number of rotatable bonds is 9. The molecule has 76 heavy (non-hydrogen) atoms. The Hall–Kier alpha value is -6.02. The monoisotopic (exact) mass is 1080 g/mol. The van der Waals surface area contributed by atoms with Crippen molar-refractivity contribution in [2.24, 2.45) is 0 Å². The van der Waals surface area contributed by atoms with Gasteiger partial charge in [0.15, 0.2) is 0 Å². The van der Waals surface area contributed by atoms with Gasteiger partial charge in [-0.15, -0.1) is 34.0 Å². The van der Waals surface area contributed by atoms with Crippen LogP contribution in [0.15, 0.2) is 163 Å². The molecular formula is C63H92N10S3. The molecule has 412 valence electrons. The van der Waals surface area contributed by atoms with Crippen LogP contribution in [0.4, 0.5) is 0 Å². The standard InChI is InChI=1S/C9H12.3C8H11N.2C6H10N2.3C6H9NS/c1-8(2)9-6-4-3-5-7-9;1-7(2)8-3-5-9-6-4-8;1-7(2)8-4-3-5-9-6-8;1-7(2)8-5-3-4-6-9-8;1-5(2)6-3-7-4-8-6;1-5(2)6-7-3-4-8-6;1-5(2)6-3-8-4-7-6;1-5(2)6-3-7-4-8-6;1-5(2)6-7-3-4-8-6/h3-8H,1-2H3;3*3-7H,1-2H3;2*3-5H,1-2H3,(H,7,8);3*3-5H,1-2H3. The van der Waals surface area contributed by atoms with Gasteiger partial charge in [0.2, 0.25) is 0 Å². The van der Waals surface area contributed by atoms with E-state index in [-0.39, 0.29) is 0 Å². The number of hydrogen-bond acceptors (Lipinski definition) is 11. The second-order valence-corrected chi connectivity index (χ2v) is 22.9. The van der Waals surface area contributed by atoms with Crippen LogP contribution in [-0.4, -0.2) is 49.8 Å². The molecule has 9 aromatic rings. The Labute approximate surface area is 471 Å². The van der Waals surface area contributed by atoms with Gasteiger partial charge in [-0.2, -0.15) is 0 Å². The van der Waals surface area contributed by atoms with E-state index < -0.39 is 0 Å². The quantitative estimate of drug-likeness (QED) is 0.146. The number of nitrogens with one attached hydrogen (secondary N) is 2. The summed E-state index contributed by atoms with van der Waals surface area (Å²) in [4.78, 5) is 39.7. The normalized spacial score (nSPS) is 10.2. The number of aromatic nitrogens is 10. The minimum absolute atomic E-state index is 0.519. The molecule has 0 saturated carbocycles. The molecule has 0 aliphatic heterocycles. The molecule has 0 radical (unpaired) electrons. The van der Waals surface area contributed by atoms with E-state index in [4.69, 9.17) is 0 Å². The van der Waals surface area contributed by atoms with Crippen LogP contribution >= 0.6 is 34.0 Å². The van der Waals surface area contributed by atoms with E-state index in [9.17, 15) is 0 Å². The third-order valence-electron chi connectivity index (χ3n) is 10.7. The molecule has 0 amide bonds. The third kappa shape index (κ3) is 32.4. The van der Waals surface area contributed by atoms with E-state index in [0.717, 1.165) is 11.5 Å². The lowest BCUT2D eigenvalue weighted by molar-refractivity contribution is 0.794. The molecule has 10 nitrogen and oxygen atoms in total. The van der Waals surface area contributed by atoms with Gasteiger partial charge < -0.3 is 9.97 Å². The largest absolute Gasteiger partial charge is 0.348 e. The maximum absolute atomic E-state index is 4.18. The fraction of sp³-hybridized carbons (Fsp3) is 0.429. The van der Waals surface area contributed by atoms with Crippen LogP contribution in [0.5, 0.6) is 0 Å². The van der Waals surface area contributed by atoms with Crippen LogP contribution in [0.2, 0.25) is 0 Å². The maximum atomic E-state index is 4.18. The second kappa shape index (κ2) is 41.2. The Morgan fingerprint density at radius 3 is 1.30 bits per heavy atom. The molecule has 0 aliphatic rings. The molecule has 0 spiro atoms. The number of hydrogen-bond donors (Lipinski definition) is 2. The predicted molar refractivity (Wildman–Crippen MR) is 329 cm³/mol. The van der Waals surface area contributed by atoms with E-state index in [0.29, 0.717) is 53.3 Å². The second-order valence-electron chi connectivity index (χ2n) is 20.3. The summed E-state index contributed by atoms with van der Waals surface area (Å²) in [7, 11) is 0. The van der Waals surface area contributed by atoms with E-state index in [1.165, 1.54) is 38.0 Å². The Morgan fingerprint density at radius 2 is 1.01 bits per heavy atom. The highest BCUT2D eigenvalue weighted by Gasteiger charge is 2.01. The highest BCUT2D eigenvalue weighted by atomic mass is 32.1. The van der Waals surface area contributed by atoms with E-state index in [2.05, 4.69) is 210 Å². The van der Waals surface area contributed by atoms with Gasteiger partial charge >= 0.3 is 0 Å². The van der Waals surface area contributed by atoms with Crippen molar-refractivity contribution in [3.8, 4) is 0 Å². The van der Waals surface area contributed by atoms with Gasteiger partial charge in [-0.1, -0.05) is 167 Å². The zero-order chi connectivity index (χ0) is 56.7. The van der Waals surface area contributed by atoms with Gasteiger partial charge in [0.05, 0.1) is 28.0 Å². The Kier molecular flexibility index (Phi) is 36.8. The van der Waals surface area contributed by atoms with Crippen LogP contribution in [0.3, 0.4) is 0 Å². The number of H-pyrrole nitrogens is 2. The zero-order valence-corrected chi connectivity index (χ0v) is 51.5. The van der Waals surface area contributed by atoms with Gasteiger partial charge in [0, 0.05) is 101 Å². The van der Waals surface area contributed by atoms with Crippen molar-refractivity contribution >= 4 is 34.0 Å². The van der Waals surface area contributed by atoms with Gasteiger partial charge in [-0.3, -0.25) is 19.9 Å². The summed E-state index contributed by atoms with van der Waals surface area (Å²) < 4.78 is 0. The van der Waals surface area contributed by atoms with E-state index >= 15 is 0 Å². The fourth-order valence-corrected chi connectivity index (χ4v) is 7.74. The first kappa shape index (κ1) is 68.0. The Bertz CT molecular complexity index is 2150. The van der Waals surface area contributed by atoms with Gasteiger partial charge in [0.25, 0.3) is 0 Å². The lowest BCUT2D eigenvalue weighted by Gasteiger charge is -2.01. The van der Waals surface area contributed by atoms with Crippen LogP contribution in [0, 0.1) is 0 Å². The summed E-state index contributed by atoms with van der Waals surface area (Å²) >= 11 is 5.10. The maximum Gasteiger partial charge on any atom is 0.108 e. The number of pyridine rings is 3. The minimum Gasteiger partial charge on any atom is -0.348 e. The fourth-order valence-electron chi connectivity index (χ4n) is 5.73. The molecule has 0 fully saturated rings. The highest BCUT2D eigenvalue weighted by molar-refractivity contribution is 7.09. The number of imidazole rings is 2. The topological polar surface area (TPSA) is 135 Å². The molecule has 8 aromatic heterocycles. The Balaban J connectivity index is 0.000000428. The molecule has 0 atom stereocenters. The number of thiazole rings is 3. The van der Waals surface area contributed by atoms with Gasteiger partial charge in [-0.05, 0) is 88.4 Å². The summed E-state index contributed by atoms with van der Waals surface area (Å²) in [6.07, 6.45) is 20.1. The molecular weight excluding hydrogens is 993 g/mol. The van der Waals surface area contributed by atoms with Crippen molar-refractivity contribution < 1.29 is 0 Å². The first-order chi connectivity index (χ1) is 36.2. The lowest BCUT2D eigenvalue weighted by atomic mass is 10.0. The number of aromatic amines is 2. The summed E-state index contributed by atoms with van der Waals surface area (Å²) in [5.41, 5.74) is 11.4. The number of nitrogens with zero attached hydrogens (tertiary/aromatic N) is 8. The molecule has 0 saturated heterocycles. The van der Waals surface area contributed by atoms with Gasteiger partial charge in [0.1, 0.15) is 5.82 Å². The third-order valence-corrected chi connectivity index (χ3v) is 13.4. The Morgan fingerprint density at radius 1 is 0.382 bits per heavy atom. The van der Waals surface area contributed by atoms with Crippen molar-refractivity contribution in [1.29, 1.82) is 0 Å². The molecule has 8 heterocycles. The summed E-state index contributed by atoms with van der Waals surface area (Å²) in [5, 5.41) is 5.32. The van der Waals surface area contributed by atoms with Crippen LogP contribution < -0.4 is 0 Å². The van der Waals surface area contributed by atoms with Crippen molar-refractivity contribution in [2.45, 2.75) is 178 Å². The van der Waals surface area contributed by atoms with E-state index in [1.54, 1.807) is 52.7 Å². The first-order valence-corrected chi connectivity index (χ1v) is 29.3. The van der Waals surface area contributed by atoms with Crippen molar-refractivity contribution in [1.82, 2.24) is 49.8 Å². The predicted octanol–water partition coefficient (Wildman–Crippen LogP) is 19.3. The molecule has 0 unspecified atom stereocenters. The van der Waals surface area contributed by atoms with Crippen molar-refractivity contribution in [3.05, 3.63) is 212 Å². The van der Waals surface area contributed by atoms with Gasteiger partial charge in [-0.25, -0.2) is 19.9 Å². The van der Waals surface area contributed by atoms with Crippen molar-refractivity contribution in [2.75, 3.05) is 0 Å². The average molecular weight is 1090 g/mol. The molecule has 0 bridgehead atoms. The van der Waals surface area contributed by atoms with Crippen LogP contribution in [-0.2, 0) is 0 Å². The molecule has 9 rings (SSSR count). The summed E-state index contributed by atoms with van der Waals surface area (Å²) in [6, 6.07) is 24.7. The summed E-state index contributed by atoms with van der Waals surface area (Å²) in [6.45, 7) is 38.8. The molecule has 0 aliphatic carbocycles. The smallest absolute Gasteiger partial charge is 0.108 e. The number of benzene rings is 1. The molecule has 13 heteroatoms. The minimum atomic E-state index is 0.519.